The second-order valence-electron chi connectivity index (χ2n) is 6.70. The van der Waals surface area contributed by atoms with Crippen LogP contribution in [-0.4, -0.2) is 59.1 Å². The molecule has 1 heterocycles. The van der Waals surface area contributed by atoms with E-state index in [2.05, 4.69) is 15.0 Å². The number of hydrogen-bond acceptors (Lipinski definition) is 6. The molecule has 0 radical (unpaired) electrons. The molecule has 0 atom stereocenters. The van der Waals surface area contributed by atoms with Crippen LogP contribution in [0.1, 0.15) is 29.8 Å². The molecule has 9 nitrogen and oxygen atoms in total. The summed E-state index contributed by atoms with van der Waals surface area (Å²) in [5.74, 6) is -0.129. The summed E-state index contributed by atoms with van der Waals surface area (Å²) in [5.41, 5.74) is 0.817. The monoisotopic (exact) mass is 464 g/mol. The predicted molar refractivity (Wildman–Crippen MR) is 117 cm³/mol. The van der Waals surface area contributed by atoms with E-state index in [9.17, 15) is 21.6 Å². The molecular weight excluding hydrogens is 440 g/mol. The Hall–Kier alpha value is -2.76. The molecule has 0 bridgehead atoms. The van der Waals surface area contributed by atoms with Crippen LogP contribution < -0.4 is 10.0 Å². The lowest BCUT2D eigenvalue weighted by molar-refractivity contribution is 0.0954. The number of benzene rings is 2. The molecule has 0 saturated heterocycles. The minimum Gasteiger partial charge on any atom is -0.350 e. The third-order valence-corrected chi connectivity index (χ3v) is 8.25. The number of carbonyl (C=O) groups excluding carboxylic acids is 1. The first-order valence-corrected chi connectivity index (χ1v) is 12.7. The van der Waals surface area contributed by atoms with Crippen LogP contribution in [0.4, 0.5) is 0 Å². The van der Waals surface area contributed by atoms with Crippen molar-refractivity contribution in [3.05, 3.63) is 59.7 Å². The summed E-state index contributed by atoms with van der Waals surface area (Å²) >= 11 is 0. The summed E-state index contributed by atoms with van der Waals surface area (Å²) in [6.45, 7) is 4.62. The lowest BCUT2D eigenvalue weighted by atomic mass is 10.2. The summed E-state index contributed by atoms with van der Waals surface area (Å²) in [6, 6.07) is 12.3. The molecule has 2 aromatic rings. The molecule has 3 rings (SSSR count). The standard InChI is InChI=1S/C20H24N4O5S2/c1-3-24(4-2)31(28,29)16-11-9-15(10-12-16)20(25)22-14-13-21-19-17-7-5-6-8-18(17)30(26,27)23-19/h5-12H,3-4,13-14H2,1-2H3,(H,21,23)(H,22,25). The van der Waals surface area contributed by atoms with Crippen molar-refractivity contribution in [1.29, 1.82) is 0 Å². The highest BCUT2D eigenvalue weighted by Crippen LogP contribution is 2.22. The Balaban J connectivity index is 1.61. The predicted octanol–water partition coefficient (Wildman–Crippen LogP) is 1.19. The number of carbonyl (C=O) groups is 1. The van der Waals surface area contributed by atoms with E-state index in [1.54, 1.807) is 32.0 Å². The van der Waals surface area contributed by atoms with E-state index >= 15 is 0 Å². The first kappa shape index (κ1) is 22.9. The van der Waals surface area contributed by atoms with Crippen LogP contribution in [0.3, 0.4) is 0 Å². The number of fused-ring (bicyclic) bond motifs is 1. The van der Waals surface area contributed by atoms with Gasteiger partial charge in [-0.2, -0.15) is 4.31 Å². The first-order valence-electron chi connectivity index (χ1n) is 9.75. The summed E-state index contributed by atoms with van der Waals surface area (Å²) in [6.07, 6.45) is 0. The third kappa shape index (κ3) is 4.78. The molecule has 0 fully saturated rings. The van der Waals surface area contributed by atoms with Crippen LogP contribution in [0.2, 0.25) is 0 Å². The topological polar surface area (TPSA) is 125 Å². The molecule has 1 aliphatic heterocycles. The zero-order valence-corrected chi connectivity index (χ0v) is 18.8. The van der Waals surface area contributed by atoms with Gasteiger partial charge in [-0.05, 0) is 36.4 Å². The number of nitrogens with one attached hydrogen (secondary N) is 2. The van der Waals surface area contributed by atoms with Crippen molar-refractivity contribution in [3.63, 3.8) is 0 Å². The van der Waals surface area contributed by atoms with E-state index in [1.165, 1.54) is 34.6 Å². The fraction of sp³-hybridized carbons (Fsp3) is 0.300. The Morgan fingerprint density at radius 2 is 1.71 bits per heavy atom. The molecular formula is C20H24N4O5S2. The molecule has 0 aromatic heterocycles. The lowest BCUT2D eigenvalue weighted by Gasteiger charge is -2.18. The van der Waals surface area contributed by atoms with E-state index in [0.29, 0.717) is 24.2 Å². The highest BCUT2D eigenvalue weighted by atomic mass is 32.2. The Morgan fingerprint density at radius 3 is 2.35 bits per heavy atom. The Bertz CT molecular complexity index is 1200. The van der Waals surface area contributed by atoms with Gasteiger partial charge < -0.3 is 5.32 Å². The Kier molecular flexibility index (Phi) is 6.77. The number of aliphatic imine (C=N–C) groups is 1. The number of rotatable bonds is 8. The zero-order chi connectivity index (χ0) is 22.6. The van der Waals surface area contributed by atoms with Crippen molar-refractivity contribution >= 4 is 31.8 Å². The average molecular weight is 465 g/mol. The van der Waals surface area contributed by atoms with Crippen LogP contribution in [0.5, 0.6) is 0 Å². The lowest BCUT2D eigenvalue weighted by Crippen LogP contribution is -2.30. The van der Waals surface area contributed by atoms with Crippen LogP contribution in [-0.2, 0) is 20.0 Å². The van der Waals surface area contributed by atoms with Gasteiger partial charge in [0.15, 0.2) is 0 Å². The first-order chi connectivity index (χ1) is 14.7. The van der Waals surface area contributed by atoms with Gasteiger partial charge >= 0.3 is 0 Å². The molecule has 11 heteroatoms. The van der Waals surface area contributed by atoms with Gasteiger partial charge in [0, 0.05) is 30.8 Å². The van der Waals surface area contributed by atoms with Gasteiger partial charge in [-0.25, -0.2) is 16.8 Å². The number of amides is 1. The summed E-state index contributed by atoms with van der Waals surface area (Å²) in [7, 11) is -7.18. The quantitative estimate of drug-likeness (QED) is 0.568. The number of amidine groups is 1. The molecule has 1 aliphatic rings. The van der Waals surface area contributed by atoms with E-state index in [0.717, 1.165) is 0 Å². The minimum atomic E-state index is -3.60. The van der Waals surface area contributed by atoms with Crippen LogP contribution in [0.15, 0.2) is 63.3 Å². The highest BCUT2D eigenvalue weighted by Gasteiger charge is 2.29. The van der Waals surface area contributed by atoms with Crippen LogP contribution >= 0.6 is 0 Å². The van der Waals surface area contributed by atoms with Crippen molar-refractivity contribution in [2.24, 2.45) is 4.99 Å². The van der Waals surface area contributed by atoms with Gasteiger partial charge in [-0.3, -0.25) is 14.5 Å². The second kappa shape index (κ2) is 9.16. The third-order valence-electron chi connectivity index (χ3n) is 4.79. The smallest absolute Gasteiger partial charge is 0.263 e. The minimum absolute atomic E-state index is 0.131. The number of nitrogens with zero attached hydrogens (tertiary/aromatic N) is 2. The molecule has 0 saturated carbocycles. The van der Waals surface area contributed by atoms with Crippen LogP contribution in [0.25, 0.3) is 0 Å². The van der Waals surface area contributed by atoms with Crippen molar-refractivity contribution in [3.8, 4) is 0 Å². The average Bonchev–Trinajstić information content (AvgIpc) is 3.02. The maximum atomic E-state index is 12.5. The molecule has 31 heavy (non-hydrogen) atoms. The number of sulfonamides is 2. The van der Waals surface area contributed by atoms with Crippen molar-refractivity contribution < 1.29 is 21.6 Å². The second-order valence-corrected chi connectivity index (χ2v) is 10.3. The molecule has 2 N–H and O–H groups in total. The largest absolute Gasteiger partial charge is 0.350 e. The van der Waals surface area contributed by atoms with Crippen molar-refractivity contribution in [2.75, 3.05) is 26.2 Å². The molecule has 0 unspecified atom stereocenters. The summed E-state index contributed by atoms with van der Waals surface area (Å²) in [5, 5.41) is 2.69. The van der Waals surface area contributed by atoms with Gasteiger partial charge in [0.2, 0.25) is 10.0 Å². The Morgan fingerprint density at radius 1 is 1.06 bits per heavy atom. The van der Waals surface area contributed by atoms with E-state index in [4.69, 9.17) is 0 Å². The fourth-order valence-electron chi connectivity index (χ4n) is 3.18. The molecule has 1 amide bonds. The van der Waals surface area contributed by atoms with Crippen LogP contribution in [0, 0.1) is 0 Å². The van der Waals surface area contributed by atoms with Crippen molar-refractivity contribution in [1.82, 2.24) is 14.3 Å². The van der Waals surface area contributed by atoms with Gasteiger partial charge in [-0.1, -0.05) is 26.0 Å². The van der Waals surface area contributed by atoms with Gasteiger partial charge in [0.1, 0.15) is 5.84 Å². The fourth-order valence-corrected chi connectivity index (χ4v) is 5.89. The molecule has 166 valence electrons. The Labute approximate surface area is 182 Å². The molecule has 2 aromatic carbocycles. The highest BCUT2D eigenvalue weighted by molar-refractivity contribution is 7.90. The normalized spacial score (nSPS) is 16.2. The van der Waals surface area contributed by atoms with E-state index in [1.807, 2.05) is 0 Å². The summed E-state index contributed by atoms with van der Waals surface area (Å²) < 4.78 is 52.9. The maximum Gasteiger partial charge on any atom is 0.263 e. The SMILES string of the molecule is CCN(CC)S(=O)(=O)c1ccc(C(=O)NCCN=C2NS(=O)(=O)c3ccccc32)cc1. The maximum absolute atomic E-state index is 12.5. The van der Waals surface area contributed by atoms with Gasteiger partial charge in [0.05, 0.1) is 16.3 Å². The zero-order valence-electron chi connectivity index (χ0n) is 17.2. The summed E-state index contributed by atoms with van der Waals surface area (Å²) in [4.78, 5) is 16.9. The number of hydrogen-bond donors (Lipinski definition) is 2. The van der Waals surface area contributed by atoms with Gasteiger partial charge in [0.25, 0.3) is 15.9 Å². The molecule has 0 spiro atoms. The van der Waals surface area contributed by atoms with E-state index < -0.39 is 20.0 Å². The van der Waals surface area contributed by atoms with E-state index in [-0.39, 0.29) is 34.6 Å². The molecule has 0 aliphatic carbocycles. The van der Waals surface area contributed by atoms with Gasteiger partial charge in [-0.15, -0.1) is 0 Å². The van der Waals surface area contributed by atoms with Crippen molar-refractivity contribution in [2.45, 2.75) is 23.6 Å².